The van der Waals surface area contributed by atoms with Crippen LogP contribution in [-0.2, 0) is 4.74 Å². The highest BCUT2D eigenvalue weighted by molar-refractivity contribution is 5.68. The number of unbranched alkanes of at least 4 members (excludes halogenated alkanes) is 2. The second kappa shape index (κ2) is 8.09. The molecule has 0 aromatic carbocycles. The predicted molar refractivity (Wildman–Crippen MR) is 81.1 cm³/mol. The summed E-state index contributed by atoms with van der Waals surface area (Å²) in [5.74, 6) is -2.60. The van der Waals surface area contributed by atoms with Crippen LogP contribution in [0.4, 0.5) is 13.6 Å². The molecule has 0 atom stereocenters. The number of aliphatic hydroxyl groups excluding tert-OH is 1. The first-order valence-corrected chi connectivity index (χ1v) is 8.13. The first-order valence-electron chi connectivity index (χ1n) is 8.13. The Hall–Kier alpha value is -0.910. The van der Waals surface area contributed by atoms with Crippen LogP contribution in [0.5, 0.6) is 0 Å². The molecule has 0 bridgehead atoms. The van der Waals surface area contributed by atoms with Gasteiger partial charge in [0.25, 0.3) is 0 Å². The van der Waals surface area contributed by atoms with Gasteiger partial charge in [-0.1, -0.05) is 0 Å². The van der Waals surface area contributed by atoms with Crippen LogP contribution in [0.3, 0.4) is 0 Å². The summed E-state index contributed by atoms with van der Waals surface area (Å²) in [6.07, 6.45) is 2.09. The molecule has 1 aliphatic rings. The van der Waals surface area contributed by atoms with E-state index in [1.54, 1.807) is 25.7 Å². The summed E-state index contributed by atoms with van der Waals surface area (Å²) in [7, 11) is 0. The molecule has 0 aliphatic heterocycles. The normalized spacial score (nSPS) is 19.0. The van der Waals surface area contributed by atoms with Crippen molar-refractivity contribution in [2.45, 2.75) is 83.3 Å². The first-order chi connectivity index (χ1) is 10.1. The van der Waals surface area contributed by atoms with Gasteiger partial charge in [0, 0.05) is 32.0 Å². The van der Waals surface area contributed by atoms with Crippen molar-refractivity contribution >= 4 is 6.09 Å². The Balaban J connectivity index is 2.63. The van der Waals surface area contributed by atoms with Crippen LogP contribution in [0, 0.1) is 0 Å². The molecule has 1 saturated carbocycles. The lowest BCUT2D eigenvalue weighted by Crippen LogP contribution is -2.46. The van der Waals surface area contributed by atoms with E-state index in [2.05, 4.69) is 0 Å². The standard InChI is InChI=1S/C16H29F2NO3/c1-15(2,3)22-14(21)19(11-5-4-6-12-20)13-7-9-16(17,18)10-8-13/h13,20H,4-12H2,1-3H3. The van der Waals surface area contributed by atoms with Gasteiger partial charge in [0.15, 0.2) is 0 Å². The fourth-order valence-corrected chi connectivity index (χ4v) is 2.65. The third-order valence-corrected chi connectivity index (χ3v) is 3.81. The van der Waals surface area contributed by atoms with Gasteiger partial charge in [0.05, 0.1) is 0 Å². The largest absolute Gasteiger partial charge is 0.444 e. The zero-order valence-electron chi connectivity index (χ0n) is 13.9. The van der Waals surface area contributed by atoms with E-state index in [-0.39, 0.29) is 25.5 Å². The second-order valence-corrected chi connectivity index (χ2v) is 7.05. The topological polar surface area (TPSA) is 49.8 Å². The maximum Gasteiger partial charge on any atom is 0.410 e. The molecular weight excluding hydrogens is 292 g/mol. The molecule has 1 N–H and O–H groups in total. The molecule has 130 valence electrons. The molecule has 1 amide bonds. The van der Waals surface area contributed by atoms with Crippen molar-refractivity contribution in [3.63, 3.8) is 0 Å². The lowest BCUT2D eigenvalue weighted by molar-refractivity contribution is -0.0571. The van der Waals surface area contributed by atoms with Gasteiger partial charge in [0.1, 0.15) is 5.60 Å². The number of nitrogens with zero attached hydrogens (tertiary/aromatic N) is 1. The summed E-state index contributed by atoms with van der Waals surface area (Å²) < 4.78 is 32.0. The number of carbonyl (C=O) groups excluding carboxylic acids is 1. The average molecular weight is 321 g/mol. The number of carbonyl (C=O) groups is 1. The molecule has 0 spiro atoms. The van der Waals surface area contributed by atoms with Gasteiger partial charge >= 0.3 is 6.09 Å². The summed E-state index contributed by atoms with van der Waals surface area (Å²) in [5, 5.41) is 8.81. The van der Waals surface area contributed by atoms with Crippen LogP contribution in [-0.4, -0.2) is 46.8 Å². The minimum atomic E-state index is -2.60. The van der Waals surface area contributed by atoms with Gasteiger partial charge in [-0.25, -0.2) is 13.6 Å². The molecule has 0 heterocycles. The molecule has 1 fully saturated rings. The van der Waals surface area contributed by atoms with Gasteiger partial charge in [-0.15, -0.1) is 0 Å². The van der Waals surface area contributed by atoms with Crippen molar-refractivity contribution in [2.75, 3.05) is 13.2 Å². The molecule has 0 aromatic heterocycles. The average Bonchev–Trinajstić information content (AvgIpc) is 2.37. The van der Waals surface area contributed by atoms with E-state index in [1.165, 1.54) is 0 Å². The van der Waals surface area contributed by atoms with Crippen molar-refractivity contribution in [2.24, 2.45) is 0 Å². The number of amides is 1. The van der Waals surface area contributed by atoms with E-state index in [0.29, 0.717) is 25.8 Å². The quantitative estimate of drug-likeness (QED) is 0.753. The minimum absolute atomic E-state index is 0.127. The van der Waals surface area contributed by atoms with Crippen molar-refractivity contribution in [1.29, 1.82) is 0 Å². The van der Waals surface area contributed by atoms with Crippen LogP contribution < -0.4 is 0 Å². The van der Waals surface area contributed by atoms with Crippen molar-refractivity contribution in [3.05, 3.63) is 0 Å². The molecule has 0 saturated heterocycles. The predicted octanol–water partition coefficient (Wildman–Crippen LogP) is 3.96. The smallest absolute Gasteiger partial charge is 0.410 e. The van der Waals surface area contributed by atoms with E-state index >= 15 is 0 Å². The maximum atomic E-state index is 13.3. The molecule has 1 aliphatic carbocycles. The molecule has 0 radical (unpaired) electrons. The molecule has 0 unspecified atom stereocenters. The van der Waals surface area contributed by atoms with Gasteiger partial charge in [-0.05, 0) is 52.9 Å². The summed E-state index contributed by atoms with van der Waals surface area (Å²) in [5.41, 5.74) is -0.598. The highest BCUT2D eigenvalue weighted by atomic mass is 19.3. The fraction of sp³-hybridized carbons (Fsp3) is 0.938. The number of rotatable bonds is 6. The third kappa shape index (κ3) is 6.90. The Morgan fingerprint density at radius 2 is 1.82 bits per heavy atom. The van der Waals surface area contributed by atoms with Gasteiger partial charge < -0.3 is 14.7 Å². The van der Waals surface area contributed by atoms with Crippen LogP contribution in [0.25, 0.3) is 0 Å². The Morgan fingerprint density at radius 1 is 1.23 bits per heavy atom. The Labute approximate surface area is 131 Å². The number of ether oxygens (including phenoxy) is 1. The number of aliphatic hydroxyl groups is 1. The van der Waals surface area contributed by atoms with Crippen molar-refractivity contribution in [3.8, 4) is 0 Å². The van der Waals surface area contributed by atoms with Crippen molar-refractivity contribution < 1.29 is 23.4 Å². The molecule has 4 nitrogen and oxygen atoms in total. The molecule has 22 heavy (non-hydrogen) atoms. The highest BCUT2D eigenvalue weighted by Crippen LogP contribution is 2.35. The fourth-order valence-electron chi connectivity index (χ4n) is 2.65. The molecule has 1 rings (SSSR count). The Kier molecular flexibility index (Phi) is 7.03. The Morgan fingerprint density at radius 3 is 2.32 bits per heavy atom. The van der Waals surface area contributed by atoms with Crippen molar-refractivity contribution in [1.82, 2.24) is 4.90 Å². The van der Waals surface area contributed by atoms with E-state index < -0.39 is 17.6 Å². The van der Waals surface area contributed by atoms with E-state index in [9.17, 15) is 13.6 Å². The summed E-state index contributed by atoms with van der Waals surface area (Å²) in [6, 6.07) is -0.177. The SMILES string of the molecule is CC(C)(C)OC(=O)N(CCCCCO)C1CCC(F)(F)CC1. The summed E-state index contributed by atoms with van der Waals surface area (Å²) >= 11 is 0. The number of halogens is 2. The Bertz CT molecular complexity index is 346. The van der Waals surface area contributed by atoms with E-state index in [0.717, 1.165) is 12.8 Å². The van der Waals surface area contributed by atoms with Crippen LogP contribution in [0.15, 0.2) is 0 Å². The molecule has 0 aromatic rings. The summed E-state index contributed by atoms with van der Waals surface area (Å²) in [6.45, 7) is 6.00. The minimum Gasteiger partial charge on any atom is -0.444 e. The molecule has 6 heteroatoms. The third-order valence-electron chi connectivity index (χ3n) is 3.81. The van der Waals surface area contributed by atoms with E-state index in [4.69, 9.17) is 9.84 Å². The zero-order valence-corrected chi connectivity index (χ0v) is 13.9. The highest BCUT2D eigenvalue weighted by Gasteiger charge is 2.38. The van der Waals surface area contributed by atoms with Gasteiger partial charge in [-0.3, -0.25) is 0 Å². The molecular formula is C16H29F2NO3. The van der Waals surface area contributed by atoms with Gasteiger partial charge in [-0.2, -0.15) is 0 Å². The monoisotopic (exact) mass is 321 g/mol. The number of hydrogen-bond donors (Lipinski definition) is 1. The second-order valence-electron chi connectivity index (χ2n) is 7.05. The van der Waals surface area contributed by atoms with Crippen LogP contribution >= 0.6 is 0 Å². The van der Waals surface area contributed by atoms with Crippen LogP contribution in [0.1, 0.15) is 65.7 Å². The van der Waals surface area contributed by atoms with E-state index in [1.807, 2.05) is 0 Å². The maximum absolute atomic E-state index is 13.3. The first kappa shape index (κ1) is 19.1. The zero-order chi connectivity index (χ0) is 16.8. The lowest BCUT2D eigenvalue weighted by Gasteiger charge is -2.37. The number of alkyl halides is 2. The van der Waals surface area contributed by atoms with Gasteiger partial charge in [0.2, 0.25) is 5.92 Å². The number of hydrogen-bond acceptors (Lipinski definition) is 3. The lowest BCUT2D eigenvalue weighted by atomic mass is 9.91. The van der Waals surface area contributed by atoms with Crippen LogP contribution in [0.2, 0.25) is 0 Å². The summed E-state index contributed by atoms with van der Waals surface area (Å²) in [4.78, 5) is 14.0.